The molecule has 0 spiro atoms. The first kappa shape index (κ1) is 11.3. The van der Waals surface area contributed by atoms with Crippen LogP contribution in [0.5, 0.6) is 5.75 Å². The molecule has 0 bridgehead atoms. The molecule has 0 atom stereocenters. The Labute approximate surface area is 105 Å². The molecule has 0 saturated heterocycles. The number of phenols is 1. The number of benzene rings is 1. The molecule has 0 amide bonds. The minimum Gasteiger partial charge on any atom is -0.507 e. The van der Waals surface area contributed by atoms with Crippen molar-refractivity contribution in [1.29, 1.82) is 0 Å². The second-order valence-corrected chi connectivity index (χ2v) is 4.32. The van der Waals surface area contributed by atoms with Crippen LogP contribution in [0.3, 0.4) is 0 Å². The molecule has 0 unspecified atom stereocenters. The van der Waals surface area contributed by atoms with Crippen molar-refractivity contribution in [3.05, 3.63) is 27.6 Å². The molecule has 2 N–H and O–H groups in total. The highest BCUT2D eigenvalue weighted by molar-refractivity contribution is 14.1. The zero-order valence-corrected chi connectivity index (χ0v) is 10.4. The largest absolute Gasteiger partial charge is 0.507 e. The maximum absolute atomic E-state index is 9.53. The quantitative estimate of drug-likeness (QED) is 0.835. The van der Waals surface area contributed by atoms with Gasteiger partial charge in [-0.2, -0.15) is 4.98 Å². The fourth-order valence-corrected chi connectivity index (χ4v) is 1.55. The summed E-state index contributed by atoms with van der Waals surface area (Å²) in [7, 11) is 0. The first-order valence-corrected chi connectivity index (χ1v) is 5.71. The second-order valence-electron chi connectivity index (χ2n) is 3.16. The minimum atomic E-state index is -0.0170. The average Bonchev–Trinajstić information content (AvgIpc) is 2.71. The summed E-state index contributed by atoms with van der Waals surface area (Å²) in [4.78, 5) is 4.09. The fraction of sp³-hybridized carbons (Fsp3) is 0.200. The van der Waals surface area contributed by atoms with Crippen LogP contribution >= 0.6 is 22.6 Å². The van der Waals surface area contributed by atoms with E-state index in [9.17, 15) is 5.11 Å². The van der Waals surface area contributed by atoms with Gasteiger partial charge in [-0.3, -0.25) is 0 Å². The highest BCUT2D eigenvalue weighted by Gasteiger charge is 2.09. The van der Waals surface area contributed by atoms with Crippen LogP contribution in [0.1, 0.15) is 5.82 Å². The molecule has 1 heterocycles. The van der Waals surface area contributed by atoms with Crippen molar-refractivity contribution in [3.63, 3.8) is 0 Å². The third-order valence-corrected chi connectivity index (χ3v) is 2.91. The first-order chi connectivity index (χ1) is 7.70. The van der Waals surface area contributed by atoms with Crippen molar-refractivity contribution in [2.24, 2.45) is 0 Å². The fourth-order valence-electron chi connectivity index (χ4n) is 1.22. The molecule has 0 fully saturated rings. The predicted octanol–water partition coefficient (Wildman–Crippen LogP) is 1.58. The predicted molar refractivity (Wildman–Crippen MR) is 64.9 cm³/mol. The lowest BCUT2D eigenvalue weighted by Gasteiger charge is -1.98. The van der Waals surface area contributed by atoms with E-state index < -0.39 is 0 Å². The number of nitrogens with zero attached hydrogens (tertiary/aromatic N) is 2. The van der Waals surface area contributed by atoms with Gasteiger partial charge in [-0.05, 0) is 40.8 Å². The SMILES string of the molecule is OCCc1noc(-c2ccc(I)c(O)c2)n1. The molecule has 0 aliphatic heterocycles. The number of aliphatic hydroxyl groups excluding tert-OH is 1. The van der Waals surface area contributed by atoms with Gasteiger partial charge in [0, 0.05) is 12.0 Å². The number of halogens is 1. The summed E-state index contributed by atoms with van der Waals surface area (Å²) >= 11 is 2.03. The summed E-state index contributed by atoms with van der Waals surface area (Å²) in [5.74, 6) is 0.977. The van der Waals surface area contributed by atoms with E-state index in [1.165, 1.54) is 0 Å². The van der Waals surface area contributed by atoms with Crippen LogP contribution in [0.2, 0.25) is 0 Å². The third-order valence-electron chi connectivity index (χ3n) is 2.00. The molecule has 5 nitrogen and oxygen atoms in total. The topological polar surface area (TPSA) is 79.4 Å². The van der Waals surface area contributed by atoms with Crippen molar-refractivity contribution >= 4 is 22.6 Å². The molecule has 2 rings (SSSR count). The van der Waals surface area contributed by atoms with Crippen LogP contribution in [0.15, 0.2) is 22.7 Å². The van der Waals surface area contributed by atoms with Crippen molar-refractivity contribution in [2.75, 3.05) is 6.61 Å². The van der Waals surface area contributed by atoms with Crippen LogP contribution in [-0.2, 0) is 6.42 Å². The lowest BCUT2D eigenvalue weighted by atomic mass is 10.2. The maximum atomic E-state index is 9.53. The van der Waals surface area contributed by atoms with Crippen molar-refractivity contribution in [1.82, 2.24) is 10.1 Å². The van der Waals surface area contributed by atoms with Crippen LogP contribution in [0.4, 0.5) is 0 Å². The molecule has 1 aromatic heterocycles. The molecule has 0 saturated carbocycles. The molecule has 84 valence electrons. The van der Waals surface area contributed by atoms with Crippen molar-refractivity contribution < 1.29 is 14.7 Å². The second kappa shape index (κ2) is 4.79. The Hall–Kier alpha value is -1.15. The van der Waals surface area contributed by atoms with Gasteiger partial charge < -0.3 is 14.7 Å². The van der Waals surface area contributed by atoms with Crippen LogP contribution < -0.4 is 0 Å². The van der Waals surface area contributed by atoms with Gasteiger partial charge in [0.1, 0.15) is 5.75 Å². The van der Waals surface area contributed by atoms with Gasteiger partial charge in [0.05, 0.1) is 10.2 Å². The average molecular weight is 332 g/mol. The van der Waals surface area contributed by atoms with E-state index in [4.69, 9.17) is 9.63 Å². The highest BCUT2D eigenvalue weighted by atomic mass is 127. The normalized spacial score (nSPS) is 10.6. The Bertz CT molecular complexity index is 499. The summed E-state index contributed by atoms with van der Waals surface area (Å²) in [6, 6.07) is 5.12. The lowest BCUT2D eigenvalue weighted by Crippen LogP contribution is -1.92. The van der Waals surface area contributed by atoms with Gasteiger partial charge in [-0.25, -0.2) is 0 Å². The molecule has 16 heavy (non-hydrogen) atoms. The van der Waals surface area contributed by atoms with E-state index in [1.54, 1.807) is 18.2 Å². The van der Waals surface area contributed by atoms with E-state index >= 15 is 0 Å². The van der Waals surface area contributed by atoms with Crippen molar-refractivity contribution in [2.45, 2.75) is 6.42 Å². The molecular formula is C10H9IN2O3. The highest BCUT2D eigenvalue weighted by Crippen LogP contribution is 2.26. The van der Waals surface area contributed by atoms with Gasteiger partial charge in [-0.1, -0.05) is 5.16 Å². The Kier molecular flexibility index (Phi) is 3.39. The molecule has 0 radical (unpaired) electrons. The third kappa shape index (κ3) is 2.33. The molecule has 0 aliphatic rings. The summed E-state index contributed by atoms with van der Waals surface area (Å²) in [5.41, 5.74) is 0.662. The Morgan fingerprint density at radius 1 is 1.38 bits per heavy atom. The zero-order chi connectivity index (χ0) is 11.5. The summed E-state index contributed by atoms with van der Waals surface area (Å²) in [6.45, 7) is -0.0170. The number of phenolic OH excluding ortho intramolecular Hbond substituents is 1. The zero-order valence-electron chi connectivity index (χ0n) is 8.22. The smallest absolute Gasteiger partial charge is 0.258 e. The molecule has 1 aromatic carbocycles. The molecule has 2 aromatic rings. The first-order valence-electron chi connectivity index (χ1n) is 4.63. The van der Waals surface area contributed by atoms with E-state index in [1.807, 2.05) is 22.6 Å². The van der Waals surface area contributed by atoms with Gasteiger partial charge in [0.15, 0.2) is 5.82 Å². The van der Waals surface area contributed by atoms with E-state index in [-0.39, 0.29) is 12.4 Å². The van der Waals surface area contributed by atoms with Crippen LogP contribution in [0, 0.1) is 3.57 Å². The standard InChI is InChI=1S/C10H9IN2O3/c11-7-2-1-6(5-8(7)15)10-12-9(3-4-14)13-16-10/h1-2,5,14-15H,3-4H2. The lowest BCUT2D eigenvalue weighted by molar-refractivity contribution is 0.293. The summed E-state index contributed by atoms with van der Waals surface area (Å²) in [6.07, 6.45) is 0.361. The van der Waals surface area contributed by atoms with E-state index in [0.717, 1.165) is 3.57 Å². The maximum Gasteiger partial charge on any atom is 0.258 e. The van der Waals surface area contributed by atoms with Crippen LogP contribution in [-0.4, -0.2) is 27.0 Å². The minimum absolute atomic E-state index is 0.0170. The van der Waals surface area contributed by atoms with Gasteiger partial charge in [-0.15, -0.1) is 0 Å². The van der Waals surface area contributed by atoms with Crippen LogP contribution in [0.25, 0.3) is 11.5 Å². The van der Waals surface area contributed by atoms with Gasteiger partial charge in [0.25, 0.3) is 5.89 Å². The summed E-state index contributed by atoms with van der Waals surface area (Å²) in [5, 5.41) is 22.0. The van der Waals surface area contributed by atoms with E-state index in [2.05, 4.69) is 10.1 Å². The Morgan fingerprint density at radius 3 is 2.88 bits per heavy atom. The molecule has 6 heteroatoms. The number of aliphatic hydroxyl groups is 1. The van der Waals surface area contributed by atoms with E-state index in [0.29, 0.717) is 23.7 Å². The van der Waals surface area contributed by atoms with Gasteiger partial charge >= 0.3 is 0 Å². The molecule has 0 aliphatic carbocycles. The number of hydrogen-bond acceptors (Lipinski definition) is 5. The number of rotatable bonds is 3. The number of aromatic hydroxyl groups is 1. The Morgan fingerprint density at radius 2 is 2.19 bits per heavy atom. The van der Waals surface area contributed by atoms with Crippen molar-refractivity contribution in [3.8, 4) is 17.2 Å². The number of aromatic nitrogens is 2. The summed E-state index contributed by atoms with van der Waals surface area (Å²) < 4.78 is 5.77. The monoisotopic (exact) mass is 332 g/mol. The number of hydrogen-bond donors (Lipinski definition) is 2. The Balaban J connectivity index is 2.31. The molecular weight excluding hydrogens is 323 g/mol. The van der Waals surface area contributed by atoms with Gasteiger partial charge in [0.2, 0.25) is 0 Å².